The molecule has 0 spiro atoms. The van der Waals surface area contributed by atoms with Gasteiger partial charge in [-0.2, -0.15) is 0 Å². The molecule has 0 bridgehead atoms. The molecule has 0 aliphatic heterocycles. The Bertz CT molecular complexity index is 375. The maximum absolute atomic E-state index is 12.4. The number of carbonyl (C=O) groups is 1. The Hall–Kier alpha value is -1.12. The molecule has 3 nitrogen and oxygen atoms in total. The van der Waals surface area contributed by atoms with Crippen molar-refractivity contribution in [1.29, 1.82) is 0 Å². The number of carbonyl (C=O) groups excluding carboxylic acids is 1. The molecule has 1 aromatic heterocycles. The van der Waals surface area contributed by atoms with E-state index in [0.29, 0.717) is 5.82 Å². The summed E-state index contributed by atoms with van der Waals surface area (Å²) in [4.78, 5) is 16.6. The van der Waals surface area contributed by atoms with Crippen LogP contribution in [-0.4, -0.2) is 15.3 Å². The summed E-state index contributed by atoms with van der Waals surface area (Å²) in [6.07, 6.45) is 9.39. The third-order valence-corrected chi connectivity index (χ3v) is 4.07. The molecule has 3 heteroatoms. The number of aromatic nitrogens is 2. The van der Waals surface area contributed by atoms with Crippen LogP contribution in [0.3, 0.4) is 0 Å². The summed E-state index contributed by atoms with van der Waals surface area (Å²) in [6.45, 7) is 5.12. The third-order valence-electron chi connectivity index (χ3n) is 4.07. The van der Waals surface area contributed by atoms with Crippen molar-refractivity contribution in [2.75, 3.05) is 0 Å². The number of nitrogens with zero attached hydrogens (tertiary/aromatic N) is 2. The number of rotatable bonds is 4. The summed E-state index contributed by atoms with van der Waals surface area (Å²) in [6, 6.07) is 0. The van der Waals surface area contributed by atoms with Crippen molar-refractivity contribution in [1.82, 2.24) is 9.55 Å². The standard InChI is InChI=1S/C14H22N2O/c1-3-11-5-7-12(8-6-11)13(17)14-15-9-10-16(14)4-2/h9-12H,3-8H2,1-2H3. The van der Waals surface area contributed by atoms with Crippen LogP contribution in [0, 0.1) is 11.8 Å². The highest BCUT2D eigenvalue weighted by Crippen LogP contribution is 2.32. The van der Waals surface area contributed by atoms with Gasteiger partial charge >= 0.3 is 0 Å². The van der Waals surface area contributed by atoms with Gasteiger partial charge in [-0.05, 0) is 38.5 Å². The van der Waals surface area contributed by atoms with Crippen molar-refractivity contribution < 1.29 is 4.79 Å². The van der Waals surface area contributed by atoms with E-state index in [9.17, 15) is 4.79 Å². The van der Waals surface area contributed by atoms with Crippen molar-refractivity contribution in [2.45, 2.75) is 52.5 Å². The topological polar surface area (TPSA) is 34.9 Å². The molecule has 0 N–H and O–H groups in total. The molecule has 2 rings (SSSR count). The minimum atomic E-state index is 0.213. The van der Waals surface area contributed by atoms with Crippen molar-refractivity contribution in [3.8, 4) is 0 Å². The number of aryl methyl sites for hydroxylation is 1. The van der Waals surface area contributed by atoms with Gasteiger partial charge in [0.25, 0.3) is 0 Å². The maximum Gasteiger partial charge on any atom is 0.201 e. The highest BCUT2D eigenvalue weighted by atomic mass is 16.1. The number of imidazole rings is 1. The summed E-state index contributed by atoms with van der Waals surface area (Å²) < 4.78 is 1.95. The molecule has 1 heterocycles. The maximum atomic E-state index is 12.4. The lowest BCUT2D eigenvalue weighted by Crippen LogP contribution is -2.24. The highest BCUT2D eigenvalue weighted by molar-refractivity contribution is 5.94. The van der Waals surface area contributed by atoms with E-state index in [1.807, 2.05) is 17.7 Å². The van der Waals surface area contributed by atoms with Crippen molar-refractivity contribution in [3.63, 3.8) is 0 Å². The normalized spacial score (nSPS) is 24.8. The zero-order valence-corrected chi connectivity index (χ0v) is 10.9. The molecule has 1 aromatic rings. The lowest BCUT2D eigenvalue weighted by atomic mass is 9.79. The molecule has 0 aromatic carbocycles. The average molecular weight is 234 g/mol. The molecule has 0 amide bonds. The Morgan fingerprint density at radius 1 is 1.35 bits per heavy atom. The van der Waals surface area contributed by atoms with Gasteiger partial charge in [-0.3, -0.25) is 4.79 Å². The summed E-state index contributed by atoms with van der Waals surface area (Å²) in [5.74, 6) is 1.97. The van der Waals surface area contributed by atoms with E-state index < -0.39 is 0 Å². The van der Waals surface area contributed by atoms with E-state index in [1.54, 1.807) is 6.20 Å². The van der Waals surface area contributed by atoms with E-state index in [1.165, 1.54) is 19.3 Å². The van der Waals surface area contributed by atoms with Crippen molar-refractivity contribution in [2.24, 2.45) is 11.8 Å². The molecule has 0 radical (unpaired) electrons. The largest absolute Gasteiger partial charge is 0.329 e. The Morgan fingerprint density at radius 3 is 2.65 bits per heavy atom. The van der Waals surface area contributed by atoms with Crippen LogP contribution < -0.4 is 0 Å². The first-order valence-corrected chi connectivity index (χ1v) is 6.81. The Labute approximate surface area is 103 Å². The zero-order chi connectivity index (χ0) is 12.3. The SMILES string of the molecule is CCC1CCC(C(=O)c2nccn2CC)CC1. The second-order valence-corrected chi connectivity index (χ2v) is 5.03. The molecule has 1 aliphatic rings. The van der Waals surface area contributed by atoms with Crippen molar-refractivity contribution in [3.05, 3.63) is 18.2 Å². The molecule has 17 heavy (non-hydrogen) atoms. The first-order chi connectivity index (χ1) is 8.26. The lowest BCUT2D eigenvalue weighted by Gasteiger charge is -2.26. The van der Waals surface area contributed by atoms with Gasteiger partial charge in [-0.1, -0.05) is 13.3 Å². The van der Waals surface area contributed by atoms with Gasteiger partial charge in [-0.25, -0.2) is 4.98 Å². The number of Topliss-reactive ketones (excluding diaryl/α,β-unsaturated/α-hetero) is 1. The molecule has 1 aliphatic carbocycles. The van der Waals surface area contributed by atoms with Crippen LogP contribution in [0.4, 0.5) is 0 Å². The summed E-state index contributed by atoms with van der Waals surface area (Å²) in [5.41, 5.74) is 0. The second kappa shape index (κ2) is 5.48. The van der Waals surface area contributed by atoms with Gasteiger partial charge in [-0.15, -0.1) is 0 Å². The first kappa shape index (κ1) is 12.3. The first-order valence-electron chi connectivity index (χ1n) is 6.81. The van der Waals surface area contributed by atoms with E-state index in [-0.39, 0.29) is 11.7 Å². The predicted octanol–water partition coefficient (Wildman–Crippen LogP) is 3.30. The van der Waals surface area contributed by atoms with E-state index >= 15 is 0 Å². The van der Waals surface area contributed by atoms with Gasteiger partial charge in [0, 0.05) is 24.9 Å². The zero-order valence-electron chi connectivity index (χ0n) is 10.9. The third kappa shape index (κ3) is 2.59. The molecule has 1 fully saturated rings. The van der Waals surface area contributed by atoms with Crippen LogP contribution >= 0.6 is 0 Å². The fraction of sp³-hybridized carbons (Fsp3) is 0.714. The quantitative estimate of drug-likeness (QED) is 0.749. The molecular formula is C14H22N2O. The van der Waals surface area contributed by atoms with Gasteiger partial charge in [0.15, 0.2) is 5.82 Å². The molecular weight excluding hydrogens is 212 g/mol. The van der Waals surface area contributed by atoms with Gasteiger partial charge < -0.3 is 4.57 Å². The van der Waals surface area contributed by atoms with E-state index in [0.717, 1.165) is 25.3 Å². The summed E-state index contributed by atoms with van der Waals surface area (Å²) >= 11 is 0. The van der Waals surface area contributed by atoms with Crippen LogP contribution in [0.2, 0.25) is 0 Å². The number of ketones is 1. The van der Waals surface area contributed by atoms with Crippen LogP contribution in [0.25, 0.3) is 0 Å². The predicted molar refractivity (Wildman–Crippen MR) is 68.0 cm³/mol. The fourth-order valence-corrected chi connectivity index (χ4v) is 2.80. The minimum absolute atomic E-state index is 0.213. The van der Waals surface area contributed by atoms with Crippen LogP contribution in [0.15, 0.2) is 12.4 Å². The minimum Gasteiger partial charge on any atom is -0.329 e. The van der Waals surface area contributed by atoms with Gasteiger partial charge in [0.05, 0.1) is 0 Å². The van der Waals surface area contributed by atoms with Crippen molar-refractivity contribution >= 4 is 5.78 Å². The lowest BCUT2D eigenvalue weighted by molar-refractivity contribution is 0.0855. The van der Waals surface area contributed by atoms with Crippen LogP contribution in [-0.2, 0) is 6.54 Å². The van der Waals surface area contributed by atoms with Crippen LogP contribution in [0.5, 0.6) is 0 Å². The van der Waals surface area contributed by atoms with E-state index in [2.05, 4.69) is 11.9 Å². The Kier molecular flexibility index (Phi) is 3.97. The molecule has 1 saturated carbocycles. The molecule has 0 unspecified atom stereocenters. The fourth-order valence-electron chi connectivity index (χ4n) is 2.80. The monoisotopic (exact) mass is 234 g/mol. The average Bonchev–Trinajstić information content (AvgIpc) is 2.86. The Balaban J connectivity index is 2.02. The van der Waals surface area contributed by atoms with Gasteiger partial charge in [0.2, 0.25) is 5.78 Å². The summed E-state index contributed by atoms with van der Waals surface area (Å²) in [5, 5.41) is 0. The number of hydrogen-bond donors (Lipinski definition) is 0. The van der Waals surface area contributed by atoms with Crippen LogP contribution in [0.1, 0.15) is 56.6 Å². The molecule has 0 saturated heterocycles. The molecule has 94 valence electrons. The van der Waals surface area contributed by atoms with Gasteiger partial charge in [0.1, 0.15) is 0 Å². The second-order valence-electron chi connectivity index (χ2n) is 5.03. The number of hydrogen-bond acceptors (Lipinski definition) is 2. The molecule has 0 atom stereocenters. The highest BCUT2D eigenvalue weighted by Gasteiger charge is 2.28. The smallest absolute Gasteiger partial charge is 0.201 e. The summed E-state index contributed by atoms with van der Waals surface area (Å²) in [7, 11) is 0. The van der Waals surface area contributed by atoms with E-state index in [4.69, 9.17) is 0 Å². The Morgan fingerprint density at radius 2 is 2.06 bits per heavy atom.